The van der Waals surface area contributed by atoms with E-state index in [0.29, 0.717) is 49.0 Å². The van der Waals surface area contributed by atoms with Crippen LogP contribution in [-0.4, -0.2) is 47.0 Å². The monoisotopic (exact) mass is 359 g/mol. The van der Waals surface area contributed by atoms with Crippen LogP contribution >= 0.6 is 0 Å². The van der Waals surface area contributed by atoms with Crippen molar-refractivity contribution < 1.29 is 23.7 Å². The van der Waals surface area contributed by atoms with Gasteiger partial charge in [0.1, 0.15) is 12.4 Å². The highest BCUT2D eigenvalue weighted by Crippen LogP contribution is 2.27. The Bertz CT molecular complexity index is 717. The number of carbonyl (C=O) groups excluding carboxylic acids is 1. The number of ether oxygens (including phenoxy) is 4. The zero-order valence-electron chi connectivity index (χ0n) is 15.4. The van der Waals surface area contributed by atoms with E-state index >= 15 is 0 Å². The van der Waals surface area contributed by atoms with Crippen molar-refractivity contribution >= 4 is 5.91 Å². The lowest BCUT2D eigenvalue weighted by Gasteiger charge is -2.11. The van der Waals surface area contributed by atoms with E-state index in [1.807, 2.05) is 24.3 Å². The SMILES string of the molecule is COCCOc1cccc(C(=O)NCCc2ccc(OC)c(OC)c2)c1. The predicted molar refractivity (Wildman–Crippen MR) is 99.4 cm³/mol. The quantitative estimate of drug-likeness (QED) is 0.661. The Labute approximate surface area is 154 Å². The Balaban J connectivity index is 1.88. The van der Waals surface area contributed by atoms with Crippen LogP contribution in [0.4, 0.5) is 0 Å². The number of nitrogens with one attached hydrogen (secondary N) is 1. The van der Waals surface area contributed by atoms with Crippen LogP contribution in [0.25, 0.3) is 0 Å². The topological polar surface area (TPSA) is 66.0 Å². The first-order chi connectivity index (χ1) is 12.7. The Hall–Kier alpha value is -2.73. The highest BCUT2D eigenvalue weighted by molar-refractivity contribution is 5.94. The molecule has 0 radical (unpaired) electrons. The molecule has 0 aromatic heterocycles. The van der Waals surface area contributed by atoms with Crippen molar-refractivity contribution in [3.05, 3.63) is 53.6 Å². The summed E-state index contributed by atoms with van der Waals surface area (Å²) in [7, 11) is 4.82. The predicted octanol–water partition coefficient (Wildman–Crippen LogP) is 2.70. The smallest absolute Gasteiger partial charge is 0.251 e. The minimum atomic E-state index is -0.136. The van der Waals surface area contributed by atoms with E-state index < -0.39 is 0 Å². The first-order valence-corrected chi connectivity index (χ1v) is 8.39. The van der Waals surface area contributed by atoms with Gasteiger partial charge in [0, 0.05) is 19.2 Å². The number of amides is 1. The molecule has 2 rings (SSSR count). The van der Waals surface area contributed by atoms with E-state index in [4.69, 9.17) is 18.9 Å². The molecule has 0 aliphatic carbocycles. The Kier molecular flexibility index (Phi) is 7.76. The number of carbonyl (C=O) groups is 1. The van der Waals surface area contributed by atoms with Gasteiger partial charge >= 0.3 is 0 Å². The molecule has 2 aromatic rings. The molecule has 6 nitrogen and oxygen atoms in total. The summed E-state index contributed by atoms with van der Waals surface area (Å²) in [5, 5.41) is 2.92. The summed E-state index contributed by atoms with van der Waals surface area (Å²) < 4.78 is 21.0. The molecule has 1 amide bonds. The van der Waals surface area contributed by atoms with Gasteiger partial charge in [-0.1, -0.05) is 12.1 Å². The van der Waals surface area contributed by atoms with Crippen LogP contribution in [0.3, 0.4) is 0 Å². The fourth-order valence-electron chi connectivity index (χ4n) is 2.43. The largest absolute Gasteiger partial charge is 0.493 e. The number of rotatable bonds is 10. The molecule has 0 aliphatic heterocycles. The van der Waals surface area contributed by atoms with Crippen molar-refractivity contribution in [3.63, 3.8) is 0 Å². The fourth-order valence-corrected chi connectivity index (χ4v) is 2.43. The van der Waals surface area contributed by atoms with Gasteiger partial charge in [-0.25, -0.2) is 0 Å². The molecular formula is C20H25NO5. The van der Waals surface area contributed by atoms with Crippen LogP contribution in [-0.2, 0) is 11.2 Å². The highest BCUT2D eigenvalue weighted by atomic mass is 16.5. The average molecular weight is 359 g/mol. The molecule has 0 unspecified atom stereocenters. The maximum absolute atomic E-state index is 12.3. The van der Waals surface area contributed by atoms with Gasteiger partial charge in [-0.3, -0.25) is 4.79 Å². The molecule has 26 heavy (non-hydrogen) atoms. The van der Waals surface area contributed by atoms with Gasteiger partial charge in [0.15, 0.2) is 11.5 Å². The third-order valence-electron chi connectivity index (χ3n) is 3.80. The molecule has 140 valence electrons. The maximum atomic E-state index is 12.3. The second kappa shape index (κ2) is 10.3. The van der Waals surface area contributed by atoms with Gasteiger partial charge in [-0.15, -0.1) is 0 Å². The summed E-state index contributed by atoms with van der Waals surface area (Å²) in [6, 6.07) is 12.8. The van der Waals surface area contributed by atoms with Crippen molar-refractivity contribution in [3.8, 4) is 17.2 Å². The molecule has 0 saturated heterocycles. The van der Waals surface area contributed by atoms with E-state index in [1.54, 1.807) is 39.5 Å². The van der Waals surface area contributed by atoms with Gasteiger partial charge in [0.2, 0.25) is 0 Å². The maximum Gasteiger partial charge on any atom is 0.251 e. The Morgan fingerprint density at radius 3 is 2.50 bits per heavy atom. The van der Waals surface area contributed by atoms with Crippen LogP contribution in [0, 0.1) is 0 Å². The van der Waals surface area contributed by atoms with E-state index in [-0.39, 0.29) is 5.91 Å². The number of benzene rings is 2. The number of hydrogen-bond acceptors (Lipinski definition) is 5. The van der Waals surface area contributed by atoms with Gasteiger partial charge in [0.25, 0.3) is 5.91 Å². The van der Waals surface area contributed by atoms with Crippen molar-refractivity contribution in [2.24, 2.45) is 0 Å². The van der Waals surface area contributed by atoms with E-state index in [9.17, 15) is 4.79 Å². The summed E-state index contributed by atoms with van der Waals surface area (Å²) in [5.74, 6) is 1.88. The summed E-state index contributed by atoms with van der Waals surface area (Å²) >= 11 is 0. The average Bonchev–Trinajstić information content (AvgIpc) is 2.68. The molecule has 0 bridgehead atoms. The van der Waals surface area contributed by atoms with Crippen LogP contribution in [0.5, 0.6) is 17.2 Å². The van der Waals surface area contributed by atoms with Crippen molar-refractivity contribution in [2.45, 2.75) is 6.42 Å². The molecule has 0 atom stereocenters. The summed E-state index contributed by atoms with van der Waals surface area (Å²) in [6.07, 6.45) is 0.691. The Morgan fingerprint density at radius 1 is 0.962 bits per heavy atom. The van der Waals surface area contributed by atoms with Crippen LogP contribution < -0.4 is 19.5 Å². The molecule has 2 aromatic carbocycles. The Morgan fingerprint density at radius 2 is 1.77 bits per heavy atom. The van der Waals surface area contributed by atoms with Gasteiger partial charge in [-0.2, -0.15) is 0 Å². The van der Waals surface area contributed by atoms with Gasteiger partial charge in [0.05, 0.1) is 20.8 Å². The van der Waals surface area contributed by atoms with Crippen LogP contribution in [0.2, 0.25) is 0 Å². The van der Waals surface area contributed by atoms with Crippen LogP contribution in [0.1, 0.15) is 15.9 Å². The second-order valence-electron chi connectivity index (χ2n) is 5.56. The molecule has 0 heterocycles. The van der Waals surface area contributed by atoms with Crippen molar-refractivity contribution in [1.82, 2.24) is 5.32 Å². The van der Waals surface area contributed by atoms with Crippen molar-refractivity contribution in [2.75, 3.05) is 41.1 Å². The summed E-state index contributed by atoms with van der Waals surface area (Å²) in [6.45, 7) is 1.46. The van der Waals surface area contributed by atoms with Crippen LogP contribution in [0.15, 0.2) is 42.5 Å². The summed E-state index contributed by atoms with van der Waals surface area (Å²) in [4.78, 5) is 12.3. The zero-order valence-corrected chi connectivity index (χ0v) is 15.4. The molecule has 1 N–H and O–H groups in total. The molecule has 0 fully saturated rings. The first-order valence-electron chi connectivity index (χ1n) is 8.39. The third kappa shape index (κ3) is 5.67. The second-order valence-corrected chi connectivity index (χ2v) is 5.56. The minimum absolute atomic E-state index is 0.136. The molecule has 0 aliphatic rings. The lowest BCUT2D eigenvalue weighted by Crippen LogP contribution is -2.25. The normalized spacial score (nSPS) is 10.3. The molecular weight excluding hydrogens is 334 g/mol. The van der Waals surface area contributed by atoms with Gasteiger partial charge < -0.3 is 24.3 Å². The van der Waals surface area contributed by atoms with Crippen molar-refractivity contribution in [1.29, 1.82) is 0 Å². The standard InChI is InChI=1S/C20H25NO5/c1-23-11-12-26-17-6-4-5-16(14-17)20(22)21-10-9-15-7-8-18(24-2)19(13-15)25-3/h4-8,13-14H,9-12H2,1-3H3,(H,21,22). The molecule has 0 saturated carbocycles. The summed E-state index contributed by atoms with van der Waals surface area (Å²) in [5.41, 5.74) is 1.62. The van der Waals surface area contributed by atoms with E-state index in [1.165, 1.54) is 0 Å². The van der Waals surface area contributed by atoms with Gasteiger partial charge in [-0.05, 0) is 42.3 Å². The lowest BCUT2D eigenvalue weighted by molar-refractivity contribution is 0.0953. The minimum Gasteiger partial charge on any atom is -0.493 e. The van der Waals surface area contributed by atoms with E-state index in [2.05, 4.69) is 5.32 Å². The van der Waals surface area contributed by atoms with E-state index in [0.717, 1.165) is 5.56 Å². The molecule has 0 spiro atoms. The number of methoxy groups -OCH3 is 3. The molecule has 6 heteroatoms. The zero-order chi connectivity index (χ0) is 18.8. The number of hydrogen-bond donors (Lipinski definition) is 1. The first kappa shape index (κ1) is 19.6. The highest BCUT2D eigenvalue weighted by Gasteiger charge is 2.08. The third-order valence-corrected chi connectivity index (χ3v) is 3.80. The fraction of sp³-hybridized carbons (Fsp3) is 0.350. The lowest BCUT2D eigenvalue weighted by atomic mass is 10.1.